The normalized spacial score (nSPS) is 10.6. The summed E-state index contributed by atoms with van der Waals surface area (Å²) in [6.45, 7) is 2.49. The molecule has 1 heterocycles. The Morgan fingerprint density at radius 1 is 1.44 bits per heavy atom. The number of hydrogen-bond acceptors (Lipinski definition) is 3. The predicted molar refractivity (Wildman–Crippen MR) is 70.9 cm³/mol. The number of carbonyl (C=O) groups excluding carboxylic acids is 1. The summed E-state index contributed by atoms with van der Waals surface area (Å²) in [7, 11) is 0. The largest absolute Gasteiger partial charge is 0.369 e. The molecule has 5 nitrogen and oxygen atoms in total. The van der Waals surface area contributed by atoms with E-state index < -0.39 is 5.91 Å². The Labute approximate surface area is 113 Å². The molecule has 18 heavy (non-hydrogen) atoms. The van der Waals surface area contributed by atoms with Crippen molar-refractivity contribution in [2.45, 2.75) is 19.9 Å². The summed E-state index contributed by atoms with van der Waals surface area (Å²) in [4.78, 5) is 10.9. The van der Waals surface area contributed by atoms with Crippen molar-refractivity contribution >= 4 is 21.8 Å². The van der Waals surface area contributed by atoms with Crippen molar-refractivity contribution < 1.29 is 4.79 Å². The molecule has 0 aliphatic rings. The van der Waals surface area contributed by atoms with Gasteiger partial charge in [-0.15, -0.1) is 5.10 Å². The van der Waals surface area contributed by atoms with Crippen LogP contribution in [0, 0.1) is 6.92 Å². The predicted octanol–water partition coefficient (Wildman–Crippen LogP) is 1.43. The SMILES string of the molecule is Cc1c(CC(N)=O)nnn1Cc1ccccc1Br. The van der Waals surface area contributed by atoms with Crippen LogP contribution in [-0.2, 0) is 17.8 Å². The van der Waals surface area contributed by atoms with E-state index in [2.05, 4.69) is 26.2 Å². The van der Waals surface area contributed by atoms with Gasteiger partial charge in [-0.2, -0.15) is 0 Å². The minimum atomic E-state index is -0.397. The van der Waals surface area contributed by atoms with E-state index in [1.165, 1.54) is 0 Å². The zero-order valence-electron chi connectivity index (χ0n) is 9.93. The molecular weight excluding hydrogens is 296 g/mol. The molecule has 0 aliphatic carbocycles. The molecule has 0 fully saturated rings. The summed E-state index contributed by atoms with van der Waals surface area (Å²) in [6.07, 6.45) is 0.127. The molecule has 0 atom stereocenters. The molecule has 0 saturated carbocycles. The number of amides is 1. The van der Waals surface area contributed by atoms with Gasteiger partial charge in [-0.05, 0) is 18.6 Å². The fourth-order valence-corrected chi connectivity index (χ4v) is 2.07. The molecule has 1 aromatic carbocycles. The van der Waals surface area contributed by atoms with Crippen LogP contribution in [0.3, 0.4) is 0 Å². The van der Waals surface area contributed by atoms with E-state index in [1.807, 2.05) is 31.2 Å². The van der Waals surface area contributed by atoms with Gasteiger partial charge in [-0.25, -0.2) is 4.68 Å². The van der Waals surface area contributed by atoms with Crippen molar-refractivity contribution in [1.82, 2.24) is 15.0 Å². The van der Waals surface area contributed by atoms with E-state index in [9.17, 15) is 4.79 Å². The Morgan fingerprint density at radius 2 is 2.17 bits per heavy atom. The summed E-state index contributed by atoms with van der Waals surface area (Å²) >= 11 is 3.49. The van der Waals surface area contributed by atoms with Crippen molar-refractivity contribution in [3.8, 4) is 0 Å². The molecule has 1 amide bonds. The second kappa shape index (κ2) is 5.30. The molecule has 0 saturated heterocycles. The number of benzene rings is 1. The van der Waals surface area contributed by atoms with E-state index in [-0.39, 0.29) is 6.42 Å². The van der Waals surface area contributed by atoms with Crippen molar-refractivity contribution in [3.05, 3.63) is 45.7 Å². The molecule has 1 aromatic heterocycles. The zero-order chi connectivity index (χ0) is 13.1. The molecular formula is C12H13BrN4O. The molecule has 6 heteroatoms. The summed E-state index contributed by atoms with van der Waals surface area (Å²) in [5.74, 6) is -0.397. The van der Waals surface area contributed by atoms with Gasteiger partial charge < -0.3 is 5.73 Å². The lowest BCUT2D eigenvalue weighted by Crippen LogP contribution is -2.15. The number of nitrogens with two attached hydrogens (primary N) is 1. The lowest BCUT2D eigenvalue weighted by molar-refractivity contribution is -0.117. The van der Waals surface area contributed by atoms with Gasteiger partial charge in [-0.3, -0.25) is 4.79 Å². The third-order valence-corrected chi connectivity index (χ3v) is 3.47. The highest BCUT2D eigenvalue weighted by molar-refractivity contribution is 9.10. The Morgan fingerprint density at radius 3 is 2.83 bits per heavy atom. The number of primary amides is 1. The summed E-state index contributed by atoms with van der Waals surface area (Å²) < 4.78 is 2.79. The van der Waals surface area contributed by atoms with E-state index in [0.29, 0.717) is 12.2 Å². The van der Waals surface area contributed by atoms with Crippen LogP contribution in [0.25, 0.3) is 0 Å². The van der Waals surface area contributed by atoms with Gasteiger partial charge >= 0.3 is 0 Å². The third kappa shape index (κ3) is 2.76. The summed E-state index contributed by atoms with van der Waals surface area (Å²) in [5, 5.41) is 8.02. The second-order valence-electron chi connectivity index (χ2n) is 4.01. The fourth-order valence-electron chi connectivity index (χ4n) is 1.66. The van der Waals surface area contributed by atoms with Crippen LogP contribution in [-0.4, -0.2) is 20.9 Å². The van der Waals surface area contributed by atoms with Crippen LogP contribution in [0.5, 0.6) is 0 Å². The Kier molecular flexibility index (Phi) is 3.76. The molecule has 0 aliphatic heterocycles. The van der Waals surface area contributed by atoms with E-state index in [1.54, 1.807) is 4.68 Å². The molecule has 0 spiro atoms. The number of halogens is 1. The first-order chi connectivity index (χ1) is 8.58. The van der Waals surface area contributed by atoms with Crippen LogP contribution in [0.15, 0.2) is 28.7 Å². The standard InChI is InChI=1S/C12H13BrN4O/c1-8-11(6-12(14)18)15-16-17(8)7-9-4-2-3-5-10(9)13/h2-5H,6-7H2,1H3,(H2,14,18). The van der Waals surface area contributed by atoms with Gasteiger partial charge in [0, 0.05) is 4.47 Å². The number of carbonyl (C=O) groups is 1. The van der Waals surface area contributed by atoms with Gasteiger partial charge in [0.05, 0.1) is 24.4 Å². The van der Waals surface area contributed by atoms with Crippen LogP contribution in [0.1, 0.15) is 17.0 Å². The Bertz CT molecular complexity index is 579. The van der Waals surface area contributed by atoms with Crippen LogP contribution >= 0.6 is 15.9 Å². The molecule has 2 N–H and O–H groups in total. The topological polar surface area (TPSA) is 73.8 Å². The van der Waals surface area contributed by atoms with Crippen molar-refractivity contribution in [2.24, 2.45) is 5.73 Å². The van der Waals surface area contributed by atoms with E-state index in [0.717, 1.165) is 15.7 Å². The molecule has 94 valence electrons. The number of hydrogen-bond donors (Lipinski definition) is 1. The monoisotopic (exact) mass is 308 g/mol. The number of rotatable bonds is 4. The van der Waals surface area contributed by atoms with E-state index >= 15 is 0 Å². The smallest absolute Gasteiger partial charge is 0.223 e. The van der Waals surface area contributed by atoms with Crippen LogP contribution in [0.2, 0.25) is 0 Å². The highest BCUT2D eigenvalue weighted by Gasteiger charge is 2.11. The van der Waals surface area contributed by atoms with E-state index in [4.69, 9.17) is 5.73 Å². The maximum atomic E-state index is 10.9. The van der Waals surface area contributed by atoms with Crippen molar-refractivity contribution in [3.63, 3.8) is 0 Å². The van der Waals surface area contributed by atoms with Crippen molar-refractivity contribution in [1.29, 1.82) is 0 Å². The molecule has 2 rings (SSSR count). The van der Waals surface area contributed by atoms with Crippen LogP contribution in [0.4, 0.5) is 0 Å². The number of nitrogens with zero attached hydrogens (tertiary/aromatic N) is 3. The zero-order valence-corrected chi connectivity index (χ0v) is 11.5. The first-order valence-corrected chi connectivity index (χ1v) is 6.28. The molecule has 0 bridgehead atoms. The minimum Gasteiger partial charge on any atom is -0.369 e. The Hall–Kier alpha value is -1.69. The minimum absolute atomic E-state index is 0.127. The quantitative estimate of drug-likeness (QED) is 0.928. The maximum Gasteiger partial charge on any atom is 0.223 e. The average Bonchev–Trinajstić information content (AvgIpc) is 2.64. The fraction of sp³-hybridized carbons (Fsp3) is 0.250. The second-order valence-corrected chi connectivity index (χ2v) is 4.87. The first kappa shape index (κ1) is 12.8. The lowest BCUT2D eigenvalue weighted by atomic mass is 10.2. The van der Waals surface area contributed by atoms with Gasteiger partial charge in [0.15, 0.2) is 0 Å². The summed E-state index contributed by atoms with van der Waals surface area (Å²) in [5.41, 5.74) is 7.76. The van der Waals surface area contributed by atoms with Gasteiger partial charge in [0.25, 0.3) is 0 Å². The Balaban J connectivity index is 2.23. The first-order valence-electron chi connectivity index (χ1n) is 5.48. The van der Waals surface area contributed by atoms with Gasteiger partial charge in [0.1, 0.15) is 0 Å². The van der Waals surface area contributed by atoms with Crippen LogP contribution < -0.4 is 5.73 Å². The molecule has 0 radical (unpaired) electrons. The average molecular weight is 309 g/mol. The summed E-state index contributed by atoms with van der Waals surface area (Å²) in [6, 6.07) is 7.92. The highest BCUT2D eigenvalue weighted by Crippen LogP contribution is 2.17. The van der Waals surface area contributed by atoms with Crippen molar-refractivity contribution in [2.75, 3.05) is 0 Å². The number of aromatic nitrogens is 3. The maximum absolute atomic E-state index is 10.9. The highest BCUT2D eigenvalue weighted by atomic mass is 79.9. The molecule has 0 unspecified atom stereocenters. The molecule has 2 aromatic rings. The van der Waals surface area contributed by atoms with Gasteiger partial charge in [0.2, 0.25) is 5.91 Å². The van der Waals surface area contributed by atoms with Gasteiger partial charge in [-0.1, -0.05) is 39.3 Å². The lowest BCUT2D eigenvalue weighted by Gasteiger charge is -2.05. The third-order valence-electron chi connectivity index (χ3n) is 2.70.